The molecule has 0 radical (unpaired) electrons. The van der Waals surface area contributed by atoms with Crippen molar-refractivity contribution >= 4 is 30.1 Å². The Balaban J connectivity index is 0.00000120. The standard InChI is InChI=1S/C13H22N2OS.ClH/c14-13(6-7-13)11(16)15-8-9-17-12(10-15)4-2-1-3-5-12;/h1-10,14H2;1H. The van der Waals surface area contributed by atoms with E-state index in [4.69, 9.17) is 5.73 Å². The summed E-state index contributed by atoms with van der Waals surface area (Å²) < 4.78 is 0.372. The quantitative estimate of drug-likeness (QED) is 0.805. The maximum atomic E-state index is 12.3. The van der Waals surface area contributed by atoms with Gasteiger partial charge in [0.15, 0.2) is 0 Å². The Labute approximate surface area is 120 Å². The van der Waals surface area contributed by atoms with Crippen molar-refractivity contribution in [3.63, 3.8) is 0 Å². The number of nitrogens with zero attached hydrogens (tertiary/aromatic N) is 1. The van der Waals surface area contributed by atoms with E-state index >= 15 is 0 Å². The molecule has 18 heavy (non-hydrogen) atoms. The van der Waals surface area contributed by atoms with Gasteiger partial charge in [0, 0.05) is 23.6 Å². The first kappa shape index (κ1) is 14.5. The molecule has 2 aliphatic carbocycles. The molecule has 5 heteroatoms. The van der Waals surface area contributed by atoms with E-state index in [1.54, 1.807) is 0 Å². The first-order valence-electron chi connectivity index (χ1n) is 6.86. The van der Waals surface area contributed by atoms with Crippen molar-refractivity contribution in [1.29, 1.82) is 0 Å². The minimum atomic E-state index is -0.474. The van der Waals surface area contributed by atoms with Gasteiger partial charge in [0.05, 0.1) is 5.54 Å². The van der Waals surface area contributed by atoms with E-state index in [0.29, 0.717) is 4.75 Å². The number of rotatable bonds is 1. The molecule has 0 bridgehead atoms. The van der Waals surface area contributed by atoms with Crippen LogP contribution in [0.15, 0.2) is 0 Å². The summed E-state index contributed by atoms with van der Waals surface area (Å²) in [7, 11) is 0. The zero-order valence-electron chi connectivity index (χ0n) is 10.8. The summed E-state index contributed by atoms with van der Waals surface area (Å²) in [5.41, 5.74) is 5.57. The van der Waals surface area contributed by atoms with Crippen molar-refractivity contribution < 1.29 is 4.79 Å². The lowest BCUT2D eigenvalue weighted by Gasteiger charge is -2.45. The second-order valence-electron chi connectivity index (χ2n) is 5.97. The van der Waals surface area contributed by atoms with Gasteiger partial charge in [-0.3, -0.25) is 4.79 Å². The number of hydrogen-bond acceptors (Lipinski definition) is 3. The fraction of sp³-hybridized carbons (Fsp3) is 0.923. The van der Waals surface area contributed by atoms with Gasteiger partial charge in [0.2, 0.25) is 5.91 Å². The molecule has 1 aliphatic heterocycles. The third-order valence-electron chi connectivity index (χ3n) is 4.52. The molecule has 3 fully saturated rings. The van der Waals surface area contributed by atoms with Crippen LogP contribution in [0, 0.1) is 0 Å². The predicted octanol–water partition coefficient (Wildman–Crippen LogP) is 2.18. The maximum absolute atomic E-state index is 12.3. The van der Waals surface area contributed by atoms with Gasteiger partial charge >= 0.3 is 0 Å². The van der Waals surface area contributed by atoms with Gasteiger partial charge < -0.3 is 10.6 Å². The van der Waals surface area contributed by atoms with Crippen molar-refractivity contribution in [2.75, 3.05) is 18.8 Å². The van der Waals surface area contributed by atoms with Crippen molar-refractivity contribution in [3.05, 3.63) is 0 Å². The van der Waals surface area contributed by atoms with E-state index in [1.807, 2.05) is 0 Å². The van der Waals surface area contributed by atoms with Gasteiger partial charge in [0.1, 0.15) is 0 Å². The second-order valence-corrected chi connectivity index (χ2v) is 7.54. The SMILES string of the molecule is Cl.NC1(C(=O)N2CCSC3(CCCCC3)C2)CC1. The molecule has 1 heterocycles. The predicted molar refractivity (Wildman–Crippen MR) is 78.3 cm³/mol. The van der Waals surface area contributed by atoms with Crippen molar-refractivity contribution in [3.8, 4) is 0 Å². The van der Waals surface area contributed by atoms with Crippen LogP contribution in [-0.2, 0) is 4.79 Å². The van der Waals surface area contributed by atoms with E-state index < -0.39 is 5.54 Å². The Morgan fingerprint density at radius 1 is 1.11 bits per heavy atom. The molecule has 2 N–H and O–H groups in total. The number of amides is 1. The molecule has 0 aromatic heterocycles. The normalized spacial score (nSPS) is 28.6. The molecule has 0 atom stereocenters. The van der Waals surface area contributed by atoms with Crippen LogP contribution in [-0.4, -0.2) is 39.9 Å². The number of halogens is 1. The van der Waals surface area contributed by atoms with Crippen LogP contribution in [0.4, 0.5) is 0 Å². The molecule has 1 spiro atoms. The van der Waals surface area contributed by atoms with Crippen LogP contribution in [0.2, 0.25) is 0 Å². The van der Waals surface area contributed by atoms with Crippen LogP contribution >= 0.6 is 24.2 Å². The first-order valence-corrected chi connectivity index (χ1v) is 7.85. The molecule has 1 amide bonds. The Morgan fingerprint density at radius 3 is 2.39 bits per heavy atom. The minimum absolute atomic E-state index is 0. The fourth-order valence-electron chi connectivity index (χ4n) is 3.18. The average Bonchev–Trinajstić information content (AvgIpc) is 3.09. The summed E-state index contributed by atoms with van der Waals surface area (Å²) in [6.45, 7) is 1.86. The summed E-state index contributed by atoms with van der Waals surface area (Å²) in [4.78, 5) is 14.4. The molecule has 0 aromatic carbocycles. The molecule has 0 unspecified atom stereocenters. The summed E-state index contributed by atoms with van der Waals surface area (Å²) in [5.74, 6) is 1.32. The Morgan fingerprint density at radius 2 is 1.78 bits per heavy atom. The molecule has 0 aromatic rings. The van der Waals surface area contributed by atoms with E-state index in [-0.39, 0.29) is 18.3 Å². The Hall–Kier alpha value is 0.0700. The third kappa shape index (κ3) is 2.66. The van der Waals surface area contributed by atoms with Crippen LogP contribution < -0.4 is 5.73 Å². The molecular formula is C13H23ClN2OS. The van der Waals surface area contributed by atoms with E-state index in [0.717, 1.165) is 31.7 Å². The highest BCUT2D eigenvalue weighted by Crippen LogP contribution is 2.44. The van der Waals surface area contributed by atoms with Gasteiger partial charge in [-0.05, 0) is 25.7 Å². The zero-order valence-corrected chi connectivity index (χ0v) is 12.5. The van der Waals surface area contributed by atoms with Gasteiger partial charge in [-0.2, -0.15) is 11.8 Å². The summed E-state index contributed by atoms with van der Waals surface area (Å²) in [6, 6.07) is 0. The largest absolute Gasteiger partial charge is 0.339 e. The van der Waals surface area contributed by atoms with Crippen molar-refractivity contribution in [2.24, 2.45) is 5.73 Å². The first-order chi connectivity index (χ1) is 8.14. The second kappa shape index (κ2) is 5.22. The van der Waals surface area contributed by atoms with Gasteiger partial charge in [0.25, 0.3) is 0 Å². The number of carbonyl (C=O) groups excluding carboxylic acids is 1. The number of nitrogens with two attached hydrogens (primary N) is 1. The zero-order chi connectivity index (χ0) is 11.9. The number of hydrogen-bond donors (Lipinski definition) is 1. The Bertz CT molecular complexity index is 321. The topological polar surface area (TPSA) is 46.3 Å². The molecular weight excluding hydrogens is 268 g/mol. The molecule has 3 nitrogen and oxygen atoms in total. The maximum Gasteiger partial charge on any atom is 0.242 e. The average molecular weight is 291 g/mol. The summed E-state index contributed by atoms with van der Waals surface area (Å²) in [5, 5.41) is 0. The van der Waals surface area contributed by atoms with Gasteiger partial charge in [-0.25, -0.2) is 0 Å². The molecule has 3 rings (SSSR count). The van der Waals surface area contributed by atoms with Crippen molar-refractivity contribution in [2.45, 2.75) is 55.2 Å². The lowest BCUT2D eigenvalue weighted by Crippen LogP contribution is -2.55. The van der Waals surface area contributed by atoms with Crippen LogP contribution in [0.3, 0.4) is 0 Å². The number of carbonyl (C=O) groups is 1. The van der Waals surface area contributed by atoms with Crippen LogP contribution in [0.5, 0.6) is 0 Å². The van der Waals surface area contributed by atoms with E-state index in [1.165, 1.54) is 32.1 Å². The lowest BCUT2D eigenvalue weighted by molar-refractivity contribution is -0.134. The van der Waals surface area contributed by atoms with Crippen LogP contribution in [0.1, 0.15) is 44.9 Å². The summed E-state index contributed by atoms with van der Waals surface area (Å²) in [6.07, 6.45) is 8.41. The molecule has 104 valence electrons. The third-order valence-corrected chi connectivity index (χ3v) is 6.05. The highest BCUT2D eigenvalue weighted by molar-refractivity contribution is 8.00. The van der Waals surface area contributed by atoms with Gasteiger partial charge in [-0.15, -0.1) is 12.4 Å². The smallest absolute Gasteiger partial charge is 0.242 e. The number of thioether (sulfide) groups is 1. The fourth-order valence-corrected chi connectivity index (χ4v) is 4.75. The highest BCUT2D eigenvalue weighted by atomic mass is 35.5. The summed E-state index contributed by atoms with van der Waals surface area (Å²) >= 11 is 2.10. The monoisotopic (exact) mass is 290 g/mol. The van der Waals surface area contributed by atoms with E-state index in [2.05, 4.69) is 16.7 Å². The minimum Gasteiger partial charge on any atom is -0.339 e. The molecule has 1 saturated heterocycles. The molecule has 3 aliphatic rings. The highest BCUT2D eigenvalue weighted by Gasteiger charge is 2.50. The molecule has 2 saturated carbocycles. The van der Waals surface area contributed by atoms with Gasteiger partial charge in [-0.1, -0.05) is 19.3 Å². The van der Waals surface area contributed by atoms with Crippen LogP contribution in [0.25, 0.3) is 0 Å². The van der Waals surface area contributed by atoms with Crippen molar-refractivity contribution in [1.82, 2.24) is 4.90 Å². The lowest BCUT2D eigenvalue weighted by atomic mass is 9.87. The Kier molecular flexibility index (Phi) is 4.20. The van der Waals surface area contributed by atoms with E-state index in [9.17, 15) is 4.79 Å².